The highest BCUT2D eigenvalue weighted by molar-refractivity contribution is 9.10. The zero-order valence-corrected chi connectivity index (χ0v) is 18.5. The molecule has 2 N–H and O–H groups in total. The maximum Gasteiger partial charge on any atom is 0.341 e. The van der Waals surface area contributed by atoms with Crippen molar-refractivity contribution in [3.63, 3.8) is 0 Å². The summed E-state index contributed by atoms with van der Waals surface area (Å²) in [5.41, 5.74) is 2.57. The van der Waals surface area contributed by atoms with Crippen LogP contribution >= 0.6 is 39.5 Å². The Labute approximate surface area is 171 Å². The van der Waals surface area contributed by atoms with Crippen LogP contribution in [0.25, 0.3) is 0 Å². The fraction of sp³-hybridized carbons (Fsp3) is 0.471. The van der Waals surface area contributed by atoms with E-state index >= 15 is 0 Å². The second-order valence-corrected chi connectivity index (χ2v) is 8.23. The Morgan fingerprint density at radius 2 is 2.19 bits per heavy atom. The van der Waals surface area contributed by atoms with Crippen molar-refractivity contribution in [1.29, 1.82) is 0 Å². The molecular formula is C17H23BrN4O2S2. The molecule has 2 aromatic rings. The average molecular weight is 459 g/mol. The number of rotatable bonds is 7. The summed E-state index contributed by atoms with van der Waals surface area (Å²) in [4.78, 5) is 13.2. The molecule has 26 heavy (non-hydrogen) atoms. The minimum atomic E-state index is -0.337. The third kappa shape index (κ3) is 5.05. The van der Waals surface area contributed by atoms with Gasteiger partial charge in [0.2, 0.25) is 0 Å². The Morgan fingerprint density at radius 3 is 2.77 bits per heavy atom. The van der Waals surface area contributed by atoms with Crippen LogP contribution in [-0.4, -0.2) is 34.5 Å². The summed E-state index contributed by atoms with van der Waals surface area (Å²) in [5.74, 6) is -0.337. The summed E-state index contributed by atoms with van der Waals surface area (Å²) in [6, 6.07) is 0. The van der Waals surface area contributed by atoms with Gasteiger partial charge in [-0.2, -0.15) is 5.10 Å². The van der Waals surface area contributed by atoms with Crippen LogP contribution in [0.3, 0.4) is 0 Å². The highest BCUT2D eigenvalue weighted by atomic mass is 79.9. The molecule has 0 saturated carbocycles. The maximum atomic E-state index is 12.1. The number of hydrogen-bond donors (Lipinski definition) is 2. The Bertz CT molecular complexity index is 782. The van der Waals surface area contributed by atoms with Gasteiger partial charge in [0.05, 0.1) is 22.8 Å². The number of nitrogens with zero attached hydrogens (tertiary/aromatic N) is 2. The summed E-state index contributed by atoms with van der Waals surface area (Å²) in [5, 5.41) is 11.9. The molecule has 142 valence electrons. The molecule has 0 aliphatic heterocycles. The highest BCUT2D eigenvalue weighted by Gasteiger charge is 2.22. The number of aromatic nitrogens is 2. The molecule has 0 aliphatic carbocycles. The number of anilines is 1. The van der Waals surface area contributed by atoms with Gasteiger partial charge in [-0.25, -0.2) is 4.79 Å². The molecule has 2 rings (SSSR count). The Hall–Kier alpha value is -1.45. The molecule has 0 saturated heterocycles. The van der Waals surface area contributed by atoms with Crippen molar-refractivity contribution in [1.82, 2.24) is 15.1 Å². The van der Waals surface area contributed by atoms with Crippen molar-refractivity contribution in [2.75, 3.05) is 19.0 Å². The standard InChI is InChI=1S/C17H23BrN4O2S2/c1-5-12-11(3)26-15(14(12)16(23)24-4)20-17(25)19-7-6-8-22-9-13(18)10(2)21-22/h9H,5-8H2,1-4H3,(H2,19,20,25). The lowest BCUT2D eigenvalue weighted by Crippen LogP contribution is -2.30. The van der Waals surface area contributed by atoms with E-state index in [2.05, 4.69) is 31.7 Å². The van der Waals surface area contributed by atoms with Crippen molar-refractivity contribution < 1.29 is 9.53 Å². The van der Waals surface area contributed by atoms with E-state index in [1.54, 1.807) is 0 Å². The third-order valence-corrected chi connectivity index (χ3v) is 6.00. The molecule has 0 aliphatic rings. The summed E-state index contributed by atoms with van der Waals surface area (Å²) in [6.07, 6.45) is 3.62. The summed E-state index contributed by atoms with van der Waals surface area (Å²) < 4.78 is 7.84. The van der Waals surface area contributed by atoms with Crippen LogP contribution < -0.4 is 10.6 Å². The number of nitrogens with one attached hydrogen (secondary N) is 2. The first-order chi connectivity index (χ1) is 12.4. The SMILES string of the molecule is CCc1c(C)sc(NC(=S)NCCCn2cc(Br)c(C)n2)c1C(=O)OC. The Kier molecular flexibility index (Phi) is 7.60. The number of carbonyl (C=O) groups is 1. The molecule has 0 radical (unpaired) electrons. The lowest BCUT2D eigenvalue weighted by atomic mass is 10.1. The van der Waals surface area contributed by atoms with Crippen LogP contribution in [0.2, 0.25) is 0 Å². The number of aryl methyl sites for hydroxylation is 3. The highest BCUT2D eigenvalue weighted by Crippen LogP contribution is 2.33. The van der Waals surface area contributed by atoms with Crippen molar-refractivity contribution in [2.24, 2.45) is 0 Å². The molecule has 6 nitrogen and oxygen atoms in total. The second-order valence-electron chi connectivity index (χ2n) is 5.75. The van der Waals surface area contributed by atoms with Gasteiger partial charge in [-0.05, 0) is 60.4 Å². The molecule has 0 spiro atoms. The van der Waals surface area contributed by atoms with Gasteiger partial charge in [-0.3, -0.25) is 4.68 Å². The Balaban J connectivity index is 1.90. The number of methoxy groups -OCH3 is 1. The quantitative estimate of drug-likeness (QED) is 0.370. The topological polar surface area (TPSA) is 68.2 Å². The van der Waals surface area contributed by atoms with Crippen LogP contribution in [0.1, 0.15) is 39.8 Å². The van der Waals surface area contributed by atoms with Crippen LogP contribution in [-0.2, 0) is 17.7 Å². The van der Waals surface area contributed by atoms with E-state index in [0.29, 0.717) is 17.2 Å². The predicted molar refractivity (Wildman–Crippen MR) is 113 cm³/mol. The number of carbonyl (C=O) groups excluding carboxylic acids is 1. The monoisotopic (exact) mass is 458 g/mol. The van der Waals surface area contributed by atoms with Crippen molar-refractivity contribution >= 4 is 55.6 Å². The minimum absolute atomic E-state index is 0.337. The van der Waals surface area contributed by atoms with Gasteiger partial charge in [0.15, 0.2) is 5.11 Å². The van der Waals surface area contributed by atoms with Crippen LogP contribution in [0.5, 0.6) is 0 Å². The smallest absolute Gasteiger partial charge is 0.341 e. The third-order valence-electron chi connectivity index (χ3n) is 3.92. The van der Waals surface area contributed by atoms with E-state index in [0.717, 1.165) is 45.0 Å². The van der Waals surface area contributed by atoms with Crippen LogP contribution in [0.4, 0.5) is 5.00 Å². The number of esters is 1. The van der Waals surface area contributed by atoms with Crippen LogP contribution in [0.15, 0.2) is 10.7 Å². The average Bonchev–Trinajstić information content (AvgIpc) is 3.09. The van der Waals surface area contributed by atoms with Gasteiger partial charge < -0.3 is 15.4 Å². The Morgan fingerprint density at radius 1 is 1.46 bits per heavy atom. The zero-order chi connectivity index (χ0) is 19.3. The first kappa shape index (κ1) is 20.9. The number of thiophene rings is 1. The molecule has 0 amide bonds. The fourth-order valence-electron chi connectivity index (χ4n) is 2.61. The van der Waals surface area contributed by atoms with Gasteiger partial charge in [0.25, 0.3) is 0 Å². The molecule has 0 atom stereocenters. The maximum absolute atomic E-state index is 12.1. The molecule has 9 heteroatoms. The molecule has 0 unspecified atom stereocenters. The van der Waals surface area contributed by atoms with Gasteiger partial charge in [-0.1, -0.05) is 6.92 Å². The van der Waals surface area contributed by atoms with Gasteiger partial charge in [-0.15, -0.1) is 11.3 Å². The van der Waals surface area contributed by atoms with Crippen molar-refractivity contribution in [3.8, 4) is 0 Å². The molecular weight excluding hydrogens is 436 g/mol. The summed E-state index contributed by atoms with van der Waals surface area (Å²) >= 11 is 10.3. The fourth-order valence-corrected chi connectivity index (χ4v) is 4.33. The van der Waals surface area contributed by atoms with E-state index in [9.17, 15) is 4.79 Å². The largest absolute Gasteiger partial charge is 0.465 e. The molecule has 0 fully saturated rings. The van der Waals surface area contributed by atoms with Crippen LogP contribution in [0, 0.1) is 13.8 Å². The minimum Gasteiger partial charge on any atom is -0.465 e. The van der Waals surface area contributed by atoms with Gasteiger partial charge >= 0.3 is 5.97 Å². The molecule has 0 bridgehead atoms. The number of ether oxygens (including phenoxy) is 1. The van der Waals surface area contributed by atoms with Gasteiger partial charge in [0.1, 0.15) is 5.00 Å². The summed E-state index contributed by atoms with van der Waals surface area (Å²) in [6.45, 7) is 7.50. The van der Waals surface area contributed by atoms with Gasteiger partial charge in [0, 0.05) is 24.2 Å². The molecule has 2 heterocycles. The first-order valence-electron chi connectivity index (χ1n) is 8.32. The second kappa shape index (κ2) is 9.48. The molecule has 0 aromatic carbocycles. The van der Waals surface area contributed by atoms with E-state index < -0.39 is 0 Å². The predicted octanol–water partition coefficient (Wildman–Crippen LogP) is 4.05. The lowest BCUT2D eigenvalue weighted by molar-refractivity contribution is 0.0601. The van der Waals surface area contributed by atoms with Crippen molar-refractivity contribution in [3.05, 3.63) is 32.4 Å². The van der Waals surface area contributed by atoms with E-state index in [4.69, 9.17) is 17.0 Å². The zero-order valence-electron chi connectivity index (χ0n) is 15.3. The number of halogens is 1. The first-order valence-corrected chi connectivity index (χ1v) is 10.3. The summed E-state index contributed by atoms with van der Waals surface area (Å²) in [7, 11) is 1.39. The van der Waals surface area contributed by atoms with E-state index in [-0.39, 0.29) is 5.97 Å². The van der Waals surface area contributed by atoms with E-state index in [1.165, 1.54) is 18.4 Å². The number of hydrogen-bond acceptors (Lipinski definition) is 5. The number of thiocarbonyl (C=S) groups is 1. The van der Waals surface area contributed by atoms with Crippen molar-refractivity contribution in [2.45, 2.75) is 40.2 Å². The normalized spacial score (nSPS) is 10.7. The molecule has 2 aromatic heterocycles. The van der Waals surface area contributed by atoms with E-state index in [1.807, 2.05) is 31.6 Å². The lowest BCUT2D eigenvalue weighted by Gasteiger charge is -2.11.